The summed E-state index contributed by atoms with van der Waals surface area (Å²) in [5, 5.41) is 10.6. The van der Waals surface area contributed by atoms with E-state index in [0.29, 0.717) is 17.8 Å². The Bertz CT molecular complexity index is 1590. The summed E-state index contributed by atoms with van der Waals surface area (Å²) >= 11 is 3.63. The molecule has 0 aliphatic heterocycles. The molecule has 9 nitrogen and oxygen atoms in total. The normalized spacial score (nSPS) is 12.1. The molecule has 39 heavy (non-hydrogen) atoms. The van der Waals surface area contributed by atoms with Crippen LogP contribution in [0.1, 0.15) is 52.2 Å². The number of fused-ring (bicyclic) bond motifs is 1. The Morgan fingerprint density at radius 2 is 1.87 bits per heavy atom. The number of primary amides is 1. The number of rotatable bonds is 8. The van der Waals surface area contributed by atoms with Gasteiger partial charge in [0.25, 0.3) is 12.3 Å². The van der Waals surface area contributed by atoms with Crippen LogP contribution in [0.3, 0.4) is 0 Å². The molecule has 2 amide bonds. The average Bonchev–Trinajstić information content (AvgIpc) is 3.50. The second-order valence-electron chi connectivity index (χ2n) is 8.47. The number of halogens is 6. The van der Waals surface area contributed by atoms with Crippen LogP contribution >= 0.6 is 27.3 Å². The monoisotopic (exact) mass is 633 g/mol. The minimum atomic E-state index is -4.69. The van der Waals surface area contributed by atoms with Gasteiger partial charge < -0.3 is 11.1 Å². The van der Waals surface area contributed by atoms with Gasteiger partial charge in [0.2, 0.25) is 5.91 Å². The summed E-state index contributed by atoms with van der Waals surface area (Å²) in [5.74, 6) is -1.58. The van der Waals surface area contributed by atoms with Crippen molar-refractivity contribution in [2.24, 2.45) is 5.73 Å². The molecule has 0 bridgehead atoms. The van der Waals surface area contributed by atoms with E-state index < -0.39 is 35.8 Å². The van der Waals surface area contributed by atoms with Crippen molar-refractivity contribution in [2.45, 2.75) is 52.9 Å². The highest BCUT2D eigenvalue weighted by atomic mass is 79.9. The molecule has 16 heteroatoms. The van der Waals surface area contributed by atoms with Crippen LogP contribution in [0.4, 0.5) is 27.6 Å². The van der Waals surface area contributed by atoms with Crippen molar-refractivity contribution in [3.8, 4) is 11.1 Å². The van der Waals surface area contributed by atoms with E-state index in [0.717, 1.165) is 16.0 Å². The number of aromatic nitrogens is 5. The first-order valence-electron chi connectivity index (χ1n) is 11.4. The summed E-state index contributed by atoms with van der Waals surface area (Å²) in [6.07, 6.45) is -6.42. The van der Waals surface area contributed by atoms with Gasteiger partial charge in [-0.15, -0.1) is 11.3 Å². The highest BCUT2D eigenvalue weighted by molar-refractivity contribution is 9.10. The van der Waals surface area contributed by atoms with Gasteiger partial charge >= 0.3 is 6.18 Å². The van der Waals surface area contributed by atoms with Gasteiger partial charge in [0, 0.05) is 29.6 Å². The van der Waals surface area contributed by atoms with Crippen LogP contribution in [-0.4, -0.2) is 36.4 Å². The average molecular weight is 634 g/mol. The number of carbonyl (C=O) groups excluding carboxylic acids is 2. The highest BCUT2D eigenvalue weighted by Crippen LogP contribution is 2.43. The fourth-order valence-corrected chi connectivity index (χ4v) is 5.62. The molecule has 4 aromatic rings. The molecule has 0 spiro atoms. The van der Waals surface area contributed by atoms with E-state index in [1.165, 1.54) is 19.2 Å². The van der Waals surface area contributed by atoms with Crippen molar-refractivity contribution in [3.05, 3.63) is 44.4 Å². The molecule has 0 atom stereocenters. The lowest BCUT2D eigenvalue weighted by atomic mass is 10.0. The first kappa shape index (κ1) is 28.6. The molecule has 4 aromatic heterocycles. The van der Waals surface area contributed by atoms with Crippen LogP contribution in [-0.2, 0) is 24.1 Å². The summed E-state index contributed by atoms with van der Waals surface area (Å²) in [4.78, 5) is 29.2. The van der Waals surface area contributed by atoms with E-state index in [1.807, 2.05) is 6.92 Å². The van der Waals surface area contributed by atoms with E-state index >= 15 is 0 Å². The number of nitrogens with one attached hydrogen (secondary N) is 1. The second kappa shape index (κ2) is 10.6. The van der Waals surface area contributed by atoms with Crippen LogP contribution in [0, 0.1) is 13.8 Å². The quantitative estimate of drug-likeness (QED) is 0.236. The third kappa shape index (κ3) is 5.39. The Hall–Kier alpha value is -3.40. The third-order valence-corrected chi connectivity index (χ3v) is 8.09. The van der Waals surface area contributed by atoms with Crippen molar-refractivity contribution < 1.29 is 31.5 Å². The zero-order valence-corrected chi connectivity index (χ0v) is 23.1. The maximum Gasteiger partial charge on any atom is 0.436 e. The molecule has 0 saturated carbocycles. The molecule has 0 aliphatic rings. The molecule has 208 valence electrons. The number of thiophene rings is 1. The maximum atomic E-state index is 13.7. The minimum Gasteiger partial charge on any atom is -0.365 e. The lowest BCUT2D eigenvalue weighted by molar-refractivity contribution is -0.142. The highest BCUT2D eigenvalue weighted by Gasteiger charge is 2.38. The number of nitrogens with zero attached hydrogens (tertiary/aromatic N) is 5. The lowest BCUT2D eigenvalue weighted by Crippen LogP contribution is -2.19. The predicted molar refractivity (Wildman–Crippen MR) is 138 cm³/mol. The van der Waals surface area contributed by atoms with Crippen LogP contribution in [0.2, 0.25) is 0 Å². The molecule has 0 aliphatic carbocycles. The molecule has 3 N–H and O–H groups in total. The fraction of sp³-hybridized carbons (Fsp3) is 0.348. The fourth-order valence-electron chi connectivity index (χ4n) is 4.10. The number of anilines is 1. The lowest BCUT2D eigenvalue weighted by Gasteiger charge is -2.11. The Kier molecular flexibility index (Phi) is 7.80. The maximum absolute atomic E-state index is 13.7. The number of alkyl halides is 5. The number of nitrogens with two attached hydrogens (primary N) is 1. The summed E-state index contributed by atoms with van der Waals surface area (Å²) in [7, 11) is 0. The van der Waals surface area contributed by atoms with E-state index in [9.17, 15) is 31.5 Å². The smallest absolute Gasteiger partial charge is 0.365 e. The standard InChI is InChI=1S/C23H21BrF5N7O2S/c1-4-35-9(2)12(8-31-35)11-7-13(20(25)26)32-22-15(11)17(18(39-22)21(30)38)33-14(37)5-6-36-10(3)16(24)19(34-36)23(27,28)29/h7-8,20H,4-6H2,1-3H3,(H2,30,38)(H,33,37). The van der Waals surface area contributed by atoms with E-state index in [2.05, 4.69) is 36.4 Å². The van der Waals surface area contributed by atoms with Crippen molar-refractivity contribution in [1.29, 1.82) is 0 Å². The SMILES string of the molecule is CCn1ncc(-c2cc(C(F)F)nc3sc(C(N)=O)c(NC(=O)CCn4nc(C(F)(F)F)c(Br)c4C)c23)c1C. The number of hydrogen-bond acceptors (Lipinski definition) is 6. The Balaban J connectivity index is 1.76. The van der Waals surface area contributed by atoms with Gasteiger partial charge in [-0.25, -0.2) is 13.8 Å². The molecule has 0 saturated heterocycles. The van der Waals surface area contributed by atoms with Gasteiger partial charge in [-0.1, -0.05) is 0 Å². The Morgan fingerprint density at radius 3 is 2.41 bits per heavy atom. The van der Waals surface area contributed by atoms with E-state index in [4.69, 9.17) is 5.73 Å². The van der Waals surface area contributed by atoms with Crippen LogP contribution < -0.4 is 11.1 Å². The van der Waals surface area contributed by atoms with Crippen molar-refractivity contribution in [1.82, 2.24) is 24.5 Å². The summed E-state index contributed by atoms with van der Waals surface area (Å²) in [5.41, 5.74) is 5.47. The Labute approximate surface area is 230 Å². The first-order valence-corrected chi connectivity index (χ1v) is 13.0. The first-order chi connectivity index (χ1) is 18.2. The molecule has 0 unspecified atom stereocenters. The molecular weight excluding hydrogens is 613 g/mol. The van der Waals surface area contributed by atoms with E-state index in [-0.39, 0.29) is 49.5 Å². The minimum absolute atomic E-state index is 0.0196. The Morgan fingerprint density at radius 1 is 1.18 bits per heavy atom. The molecule has 0 fully saturated rings. The molecular formula is C23H21BrF5N7O2S. The molecule has 4 heterocycles. The van der Waals surface area contributed by atoms with Gasteiger partial charge in [0.15, 0.2) is 5.69 Å². The van der Waals surface area contributed by atoms with Gasteiger partial charge in [0.1, 0.15) is 15.4 Å². The summed E-state index contributed by atoms with van der Waals surface area (Å²) < 4.78 is 69.4. The zero-order valence-electron chi connectivity index (χ0n) is 20.7. The van der Waals surface area contributed by atoms with Gasteiger partial charge in [-0.2, -0.15) is 23.4 Å². The van der Waals surface area contributed by atoms with E-state index in [1.54, 1.807) is 11.6 Å². The van der Waals surface area contributed by atoms with Crippen molar-refractivity contribution >= 4 is 55.0 Å². The number of amides is 2. The number of aryl methyl sites for hydroxylation is 2. The largest absolute Gasteiger partial charge is 0.436 e. The molecule has 0 radical (unpaired) electrons. The third-order valence-electron chi connectivity index (χ3n) is 6.04. The van der Waals surface area contributed by atoms with Gasteiger partial charge in [-0.3, -0.25) is 19.0 Å². The molecule has 0 aromatic carbocycles. The number of hydrogen-bond donors (Lipinski definition) is 2. The number of pyridine rings is 1. The van der Waals surface area contributed by atoms with Crippen LogP contribution in [0.15, 0.2) is 16.7 Å². The van der Waals surface area contributed by atoms with Crippen LogP contribution in [0.25, 0.3) is 21.3 Å². The van der Waals surface area contributed by atoms with Gasteiger partial charge in [-0.05, 0) is 48.3 Å². The van der Waals surface area contributed by atoms with Crippen molar-refractivity contribution in [3.63, 3.8) is 0 Å². The second-order valence-corrected chi connectivity index (χ2v) is 10.3. The number of carbonyl (C=O) groups is 2. The molecule has 4 rings (SSSR count). The summed E-state index contributed by atoms with van der Waals surface area (Å²) in [6.45, 7) is 5.33. The van der Waals surface area contributed by atoms with Crippen LogP contribution in [0.5, 0.6) is 0 Å². The topological polar surface area (TPSA) is 121 Å². The van der Waals surface area contributed by atoms with Crippen molar-refractivity contribution in [2.75, 3.05) is 5.32 Å². The zero-order chi connectivity index (χ0) is 28.8. The summed E-state index contributed by atoms with van der Waals surface area (Å²) in [6, 6.07) is 1.17. The predicted octanol–water partition coefficient (Wildman–Crippen LogP) is 5.84. The van der Waals surface area contributed by atoms with Gasteiger partial charge in [0.05, 0.1) is 28.6 Å².